The monoisotopic (exact) mass is 279 g/mol. The molecule has 0 fully saturated rings. The van der Waals surface area contributed by atoms with Crippen LogP contribution in [0.5, 0.6) is 11.5 Å². The predicted molar refractivity (Wildman–Crippen MR) is 84.6 cm³/mol. The van der Waals surface area contributed by atoms with Gasteiger partial charge in [-0.05, 0) is 24.1 Å². The molecule has 1 rings (SSSR count). The molecular formula is C17H29NO2. The molecule has 0 amide bonds. The van der Waals surface area contributed by atoms with E-state index in [1.807, 2.05) is 6.07 Å². The summed E-state index contributed by atoms with van der Waals surface area (Å²) in [5, 5.41) is 3.40. The van der Waals surface area contributed by atoms with Crippen LogP contribution in [0.4, 0.5) is 0 Å². The Morgan fingerprint density at radius 3 is 2.55 bits per heavy atom. The van der Waals surface area contributed by atoms with Gasteiger partial charge in [-0.25, -0.2) is 0 Å². The van der Waals surface area contributed by atoms with Crippen LogP contribution in [0.15, 0.2) is 18.2 Å². The highest BCUT2D eigenvalue weighted by atomic mass is 16.5. The molecule has 1 N–H and O–H groups in total. The average molecular weight is 279 g/mol. The van der Waals surface area contributed by atoms with Crippen molar-refractivity contribution in [1.82, 2.24) is 5.32 Å². The van der Waals surface area contributed by atoms with Gasteiger partial charge in [0.25, 0.3) is 0 Å². The first-order chi connectivity index (χ1) is 9.67. The molecule has 0 unspecified atom stereocenters. The Morgan fingerprint density at radius 1 is 1.10 bits per heavy atom. The quantitative estimate of drug-likeness (QED) is 0.653. The van der Waals surface area contributed by atoms with Crippen LogP contribution in [0.25, 0.3) is 0 Å². The molecule has 0 atom stereocenters. The Kier molecular flexibility index (Phi) is 8.12. The lowest BCUT2D eigenvalue weighted by Gasteiger charge is -2.13. The third-order valence-electron chi connectivity index (χ3n) is 3.20. The van der Waals surface area contributed by atoms with Gasteiger partial charge in [-0.2, -0.15) is 0 Å². The molecular weight excluding hydrogens is 250 g/mol. The molecule has 0 saturated carbocycles. The van der Waals surface area contributed by atoms with Gasteiger partial charge in [0.2, 0.25) is 0 Å². The smallest absolute Gasteiger partial charge is 0.161 e. The van der Waals surface area contributed by atoms with Crippen molar-refractivity contribution in [3.63, 3.8) is 0 Å². The van der Waals surface area contributed by atoms with E-state index in [1.165, 1.54) is 24.8 Å². The number of hydrogen-bond acceptors (Lipinski definition) is 3. The molecule has 0 spiro atoms. The summed E-state index contributed by atoms with van der Waals surface area (Å²) in [6.45, 7) is 8.12. The van der Waals surface area contributed by atoms with E-state index < -0.39 is 0 Å². The Balaban J connectivity index is 2.50. The summed E-state index contributed by atoms with van der Waals surface area (Å²) in [7, 11) is 1.69. The maximum atomic E-state index is 5.81. The second-order valence-electron chi connectivity index (χ2n) is 5.43. The summed E-state index contributed by atoms with van der Waals surface area (Å²) in [5.74, 6) is 1.67. The van der Waals surface area contributed by atoms with Gasteiger partial charge < -0.3 is 14.8 Å². The van der Waals surface area contributed by atoms with Crippen molar-refractivity contribution in [2.75, 3.05) is 13.7 Å². The predicted octanol–water partition coefficient (Wildman–Crippen LogP) is 4.15. The first-order valence-corrected chi connectivity index (χ1v) is 7.70. The van der Waals surface area contributed by atoms with Crippen molar-refractivity contribution in [2.24, 2.45) is 0 Å². The molecule has 0 aliphatic carbocycles. The van der Waals surface area contributed by atoms with Crippen LogP contribution >= 0.6 is 0 Å². The molecule has 3 heteroatoms. The Morgan fingerprint density at radius 2 is 1.90 bits per heavy atom. The number of ether oxygens (including phenoxy) is 2. The summed E-state index contributed by atoms with van der Waals surface area (Å²) in [5.41, 5.74) is 1.22. The summed E-state index contributed by atoms with van der Waals surface area (Å²) in [4.78, 5) is 0. The third-order valence-corrected chi connectivity index (χ3v) is 3.20. The minimum absolute atomic E-state index is 0.482. The van der Waals surface area contributed by atoms with E-state index in [0.717, 1.165) is 31.1 Å². The van der Waals surface area contributed by atoms with Crippen LogP contribution < -0.4 is 14.8 Å². The standard InChI is InChI=1S/C17H29NO2/c1-5-6-7-8-11-20-16-10-9-15(12-17(16)19-4)13-18-14(2)3/h9-10,12,14,18H,5-8,11,13H2,1-4H3. The molecule has 0 saturated heterocycles. The number of hydrogen-bond donors (Lipinski definition) is 1. The zero-order chi connectivity index (χ0) is 14.8. The largest absolute Gasteiger partial charge is 0.493 e. The van der Waals surface area contributed by atoms with Gasteiger partial charge in [0, 0.05) is 12.6 Å². The lowest BCUT2D eigenvalue weighted by atomic mass is 10.2. The van der Waals surface area contributed by atoms with Crippen molar-refractivity contribution in [1.29, 1.82) is 0 Å². The second-order valence-corrected chi connectivity index (χ2v) is 5.43. The van der Waals surface area contributed by atoms with E-state index in [1.54, 1.807) is 7.11 Å². The van der Waals surface area contributed by atoms with Crippen LogP contribution in [0, 0.1) is 0 Å². The Labute approximate surface area is 123 Å². The third kappa shape index (κ3) is 6.29. The molecule has 0 bridgehead atoms. The van der Waals surface area contributed by atoms with Crippen molar-refractivity contribution >= 4 is 0 Å². The zero-order valence-corrected chi connectivity index (χ0v) is 13.4. The number of unbranched alkanes of at least 4 members (excludes halogenated alkanes) is 3. The van der Waals surface area contributed by atoms with Gasteiger partial charge in [-0.15, -0.1) is 0 Å². The Bertz CT molecular complexity index is 377. The fourth-order valence-corrected chi connectivity index (χ4v) is 1.97. The highest BCUT2D eigenvalue weighted by Gasteiger charge is 2.06. The normalized spacial score (nSPS) is 10.8. The zero-order valence-electron chi connectivity index (χ0n) is 13.4. The minimum atomic E-state index is 0.482. The summed E-state index contributed by atoms with van der Waals surface area (Å²) in [6.07, 6.45) is 4.87. The number of methoxy groups -OCH3 is 1. The molecule has 0 aromatic heterocycles. The lowest BCUT2D eigenvalue weighted by molar-refractivity contribution is 0.285. The van der Waals surface area contributed by atoms with E-state index in [9.17, 15) is 0 Å². The SMILES string of the molecule is CCCCCCOc1ccc(CNC(C)C)cc1OC. The number of rotatable bonds is 10. The fraction of sp³-hybridized carbons (Fsp3) is 0.647. The maximum absolute atomic E-state index is 5.81. The summed E-state index contributed by atoms with van der Waals surface area (Å²) >= 11 is 0. The molecule has 1 aromatic rings. The van der Waals surface area contributed by atoms with Gasteiger partial charge in [0.05, 0.1) is 13.7 Å². The Hall–Kier alpha value is -1.22. The molecule has 0 radical (unpaired) electrons. The highest BCUT2D eigenvalue weighted by molar-refractivity contribution is 5.42. The molecule has 3 nitrogen and oxygen atoms in total. The highest BCUT2D eigenvalue weighted by Crippen LogP contribution is 2.28. The molecule has 114 valence electrons. The lowest BCUT2D eigenvalue weighted by Crippen LogP contribution is -2.21. The van der Waals surface area contributed by atoms with Crippen molar-refractivity contribution in [2.45, 2.75) is 59.0 Å². The van der Waals surface area contributed by atoms with Gasteiger partial charge in [0.1, 0.15) is 0 Å². The number of nitrogens with one attached hydrogen (secondary N) is 1. The van der Waals surface area contributed by atoms with Crippen molar-refractivity contribution in [3.05, 3.63) is 23.8 Å². The van der Waals surface area contributed by atoms with Gasteiger partial charge in [0.15, 0.2) is 11.5 Å². The van der Waals surface area contributed by atoms with Gasteiger partial charge in [-0.1, -0.05) is 46.1 Å². The fourth-order valence-electron chi connectivity index (χ4n) is 1.97. The van der Waals surface area contributed by atoms with Crippen LogP contribution in [-0.4, -0.2) is 19.8 Å². The molecule has 1 aromatic carbocycles. The summed E-state index contributed by atoms with van der Waals surface area (Å²) in [6, 6.07) is 6.64. The van der Waals surface area contributed by atoms with Crippen molar-refractivity contribution in [3.8, 4) is 11.5 Å². The van der Waals surface area contributed by atoms with E-state index >= 15 is 0 Å². The van der Waals surface area contributed by atoms with Crippen molar-refractivity contribution < 1.29 is 9.47 Å². The van der Waals surface area contributed by atoms with Crippen LogP contribution in [-0.2, 0) is 6.54 Å². The summed E-state index contributed by atoms with van der Waals surface area (Å²) < 4.78 is 11.2. The van der Waals surface area contributed by atoms with E-state index in [2.05, 4.69) is 38.2 Å². The van der Waals surface area contributed by atoms with Crippen LogP contribution in [0.1, 0.15) is 52.0 Å². The second kappa shape index (κ2) is 9.65. The topological polar surface area (TPSA) is 30.5 Å². The first-order valence-electron chi connectivity index (χ1n) is 7.70. The molecule has 0 aliphatic heterocycles. The first kappa shape index (κ1) is 16.8. The maximum Gasteiger partial charge on any atom is 0.161 e. The van der Waals surface area contributed by atoms with E-state index in [0.29, 0.717) is 6.04 Å². The average Bonchev–Trinajstić information content (AvgIpc) is 2.45. The van der Waals surface area contributed by atoms with E-state index in [-0.39, 0.29) is 0 Å². The number of benzene rings is 1. The van der Waals surface area contributed by atoms with E-state index in [4.69, 9.17) is 9.47 Å². The van der Waals surface area contributed by atoms with Crippen LogP contribution in [0.3, 0.4) is 0 Å². The molecule has 0 heterocycles. The minimum Gasteiger partial charge on any atom is -0.493 e. The molecule has 20 heavy (non-hydrogen) atoms. The molecule has 0 aliphatic rings. The van der Waals surface area contributed by atoms with Crippen LogP contribution in [0.2, 0.25) is 0 Å². The van der Waals surface area contributed by atoms with Gasteiger partial charge >= 0.3 is 0 Å². The van der Waals surface area contributed by atoms with Gasteiger partial charge in [-0.3, -0.25) is 0 Å².